The summed E-state index contributed by atoms with van der Waals surface area (Å²) < 4.78 is 18.8. The van der Waals surface area contributed by atoms with E-state index in [4.69, 9.17) is 4.74 Å². The third kappa shape index (κ3) is 4.18. The minimum Gasteiger partial charge on any atom is -0.490 e. The Morgan fingerprint density at radius 3 is 2.78 bits per heavy atom. The zero-order valence-electron chi connectivity index (χ0n) is 10.1. The lowest BCUT2D eigenvalue weighted by molar-refractivity contribution is -0.385. The molecule has 0 heterocycles. The number of thiol groups is 1. The Balaban J connectivity index is 2.65. The van der Waals surface area contributed by atoms with Crippen molar-refractivity contribution in [2.45, 2.75) is 19.8 Å². The SMILES string of the molecule is CCCC(CS)COc1ccc([N+](=O)[O-])cc1F. The van der Waals surface area contributed by atoms with E-state index in [0.29, 0.717) is 12.4 Å². The first-order valence-corrected chi connectivity index (χ1v) is 6.39. The van der Waals surface area contributed by atoms with Crippen molar-refractivity contribution in [3.8, 4) is 5.75 Å². The number of hydrogen-bond acceptors (Lipinski definition) is 4. The summed E-state index contributed by atoms with van der Waals surface area (Å²) in [7, 11) is 0. The van der Waals surface area contributed by atoms with Gasteiger partial charge in [0.2, 0.25) is 0 Å². The van der Waals surface area contributed by atoms with E-state index < -0.39 is 10.7 Å². The van der Waals surface area contributed by atoms with Crippen LogP contribution in [-0.2, 0) is 0 Å². The number of nitro groups is 1. The molecule has 1 rings (SSSR count). The van der Waals surface area contributed by atoms with Gasteiger partial charge in [0, 0.05) is 12.0 Å². The van der Waals surface area contributed by atoms with Crippen LogP contribution in [0.15, 0.2) is 18.2 Å². The maximum atomic E-state index is 13.5. The zero-order chi connectivity index (χ0) is 13.5. The standard InChI is InChI=1S/C12H16FNO3S/c1-2-3-9(8-18)7-17-12-5-4-10(14(15)16)6-11(12)13/h4-6,9,18H,2-3,7-8H2,1H3. The lowest BCUT2D eigenvalue weighted by Crippen LogP contribution is -2.14. The van der Waals surface area contributed by atoms with Crippen molar-refractivity contribution in [3.63, 3.8) is 0 Å². The second-order valence-electron chi connectivity index (χ2n) is 4.02. The average molecular weight is 273 g/mol. The van der Waals surface area contributed by atoms with Crippen LogP contribution >= 0.6 is 12.6 Å². The summed E-state index contributed by atoms with van der Waals surface area (Å²) in [4.78, 5) is 9.81. The summed E-state index contributed by atoms with van der Waals surface area (Å²) in [5.74, 6) is 0.262. The molecule has 0 saturated carbocycles. The van der Waals surface area contributed by atoms with Crippen molar-refractivity contribution in [2.24, 2.45) is 5.92 Å². The third-order valence-electron chi connectivity index (χ3n) is 2.56. The van der Waals surface area contributed by atoms with Gasteiger partial charge in [-0.15, -0.1) is 0 Å². The molecule has 0 bridgehead atoms. The van der Waals surface area contributed by atoms with E-state index in [1.807, 2.05) is 0 Å². The maximum absolute atomic E-state index is 13.5. The molecule has 0 N–H and O–H groups in total. The topological polar surface area (TPSA) is 52.4 Å². The lowest BCUT2D eigenvalue weighted by atomic mass is 10.1. The molecule has 0 aliphatic carbocycles. The number of hydrogen-bond donors (Lipinski definition) is 1. The summed E-state index contributed by atoms with van der Waals surface area (Å²) >= 11 is 4.20. The minimum absolute atomic E-state index is 0.0449. The van der Waals surface area contributed by atoms with E-state index in [1.54, 1.807) is 0 Å². The summed E-state index contributed by atoms with van der Waals surface area (Å²) in [5, 5.41) is 10.5. The molecule has 1 atom stereocenters. The highest BCUT2D eigenvalue weighted by Gasteiger charge is 2.13. The van der Waals surface area contributed by atoms with Crippen LogP contribution in [0.3, 0.4) is 0 Å². The van der Waals surface area contributed by atoms with E-state index >= 15 is 0 Å². The molecule has 6 heteroatoms. The molecule has 4 nitrogen and oxygen atoms in total. The van der Waals surface area contributed by atoms with Crippen LogP contribution in [0.25, 0.3) is 0 Å². The van der Waals surface area contributed by atoms with Crippen molar-refractivity contribution >= 4 is 18.3 Å². The molecule has 0 amide bonds. The van der Waals surface area contributed by atoms with Crippen LogP contribution in [0.5, 0.6) is 5.75 Å². The predicted molar refractivity (Wildman–Crippen MR) is 70.8 cm³/mol. The molecule has 1 unspecified atom stereocenters. The van der Waals surface area contributed by atoms with Crippen molar-refractivity contribution in [1.29, 1.82) is 0 Å². The van der Waals surface area contributed by atoms with Gasteiger partial charge in [-0.05, 0) is 18.2 Å². The van der Waals surface area contributed by atoms with Crippen LogP contribution in [0.1, 0.15) is 19.8 Å². The molecule has 0 fully saturated rings. The molecule has 1 aromatic carbocycles. The fourth-order valence-electron chi connectivity index (χ4n) is 1.56. The zero-order valence-corrected chi connectivity index (χ0v) is 11.0. The molecular weight excluding hydrogens is 257 g/mol. The number of nitrogens with zero attached hydrogens (tertiary/aromatic N) is 1. The van der Waals surface area contributed by atoms with Gasteiger partial charge in [-0.1, -0.05) is 13.3 Å². The molecule has 100 valence electrons. The van der Waals surface area contributed by atoms with Crippen LogP contribution < -0.4 is 4.74 Å². The van der Waals surface area contributed by atoms with Gasteiger partial charge in [0.15, 0.2) is 11.6 Å². The fraction of sp³-hybridized carbons (Fsp3) is 0.500. The summed E-state index contributed by atoms with van der Waals surface area (Å²) in [6, 6.07) is 3.38. The molecule has 0 radical (unpaired) electrons. The first kappa shape index (κ1) is 14.8. The van der Waals surface area contributed by atoms with Crippen molar-refractivity contribution in [3.05, 3.63) is 34.1 Å². The van der Waals surface area contributed by atoms with Gasteiger partial charge in [0.1, 0.15) is 0 Å². The fourth-order valence-corrected chi connectivity index (χ4v) is 1.85. The van der Waals surface area contributed by atoms with Crippen LogP contribution in [0, 0.1) is 21.8 Å². The minimum atomic E-state index is -0.710. The second-order valence-corrected chi connectivity index (χ2v) is 4.39. The second kappa shape index (κ2) is 7.20. The average Bonchev–Trinajstić information content (AvgIpc) is 2.35. The number of halogens is 1. The van der Waals surface area contributed by atoms with E-state index in [0.717, 1.165) is 18.9 Å². The summed E-state index contributed by atoms with van der Waals surface area (Å²) in [6.07, 6.45) is 1.97. The van der Waals surface area contributed by atoms with Gasteiger partial charge in [-0.2, -0.15) is 12.6 Å². The van der Waals surface area contributed by atoms with Gasteiger partial charge in [-0.25, -0.2) is 4.39 Å². The number of nitro benzene ring substituents is 1. The van der Waals surface area contributed by atoms with Crippen molar-refractivity contribution in [1.82, 2.24) is 0 Å². The molecule has 0 aromatic heterocycles. The van der Waals surface area contributed by atoms with E-state index in [-0.39, 0.29) is 17.4 Å². The molecule has 1 aromatic rings. The Kier molecular flexibility index (Phi) is 5.91. The van der Waals surface area contributed by atoms with Gasteiger partial charge in [0.05, 0.1) is 17.6 Å². The highest BCUT2D eigenvalue weighted by atomic mass is 32.1. The Labute approximate surface area is 111 Å². The van der Waals surface area contributed by atoms with Crippen molar-refractivity contribution in [2.75, 3.05) is 12.4 Å². The van der Waals surface area contributed by atoms with E-state index in [9.17, 15) is 14.5 Å². The van der Waals surface area contributed by atoms with Crippen molar-refractivity contribution < 1.29 is 14.1 Å². The number of rotatable bonds is 7. The van der Waals surface area contributed by atoms with E-state index in [2.05, 4.69) is 19.6 Å². The van der Waals surface area contributed by atoms with Crippen LogP contribution in [0.2, 0.25) is 0 Å². The highest BCUT2D eigenvalue weighted by molar-refractivity contribution is 7.80. The van der Waals surface area contributed by atoms with Crippen LogP contribution in [-0.4, -0.2) is 17.3 Å². The lowest BCUT2D eigenvalue weighted by Gasteiger charge is -2.14. The van der Waals surface area contributed by atoms with Gasteiger partial charge >= 0.3 is 0 Å². The Morgan fingerprint density at radius 2 is 2.28 bits per heavy atom. The molecule has 0 aliphatic heterocycles. The predicted octanol–water partition coefficient (Wildman–Crippen LogP) is 3.46. The monoisotopic (exact) mass is 273 g/mol. The quantitative estimate of drug-likeness (QED) is 0.470. The smallest absolute Gasteiger partial charge is 0.272 e. The molecule has 0 aliphatic rings. The Morgan fingerprint density at radius 1 is 1.56 bits per heavy atom. The highest BCUT2D eigenvalue weighted by Crippen LogP contribution is 2.23. The van der Waals surface area contributed by atoms with E-state index in [1.165, 1.54) is 12.1 Å². The summed E-state index contributed by atoms with van der Waals surface area (Å²) in [5.41, 5.74) is -0.279. The van der Waals surface area contributed by atoms with Gasteiger partial charge < -0.3 is 4.74 Å². The number of non-ortho nitro benzene ring substituents is 1. The first-order valence-electron chi connectivity index (χ1n) is 5.76. The molecule has 0 spiro atoms. The maximum Gasteiger partial charge on any atom is 0.272 e. The third-order valence-corrected chi connectivity index (χ3v) is 3.07. The summed E-state index contributed by atoms with van der Waals surface area (Å²) in [6.45, 7) is 2.43. The van der Waals surface area contributed by atoms with Gasteiger partial charge in [0.25, 0.3) is 5.69 Å². The molecular formula is C12H16FNO3S. The largest absolute Gasteiger partial charge is 0.490 e. The number of benzene rings is 1. The van der Waals surface area contributed by atoms with Gasteiger partial charge in [-0.3, -0.25) is 10.1 Å². The molecule has 0 saturated heterocycles. The normalized spacial score (nSPS) is 12.2. The Hall–Kier alpha value is -1.30. The first-order chi connectivity index (χ1) is 8.58. The number of ether oxygens (including phenoxy) is 1. The van der Waals surface area contributed by atoms with Crippen LogP contribution in [0.4, 0.5) is 10.1 Å². The Bertz CT molecular complexity index is 414. The molecule has 18 heavy (non-hydrogen) atoms.